The molecule has 1 atom stereocenters. The lowest BCUT2D eigenvalue weighted by atomic mass is 10.2. The van der Waals surface area contributed by atoms with Gasteiger partial charge in [0, 0.05) is 25.7 Å². The fraction of sp³-hybridized carbons (Fsp3) is 0.800. The zero-order chi connectivity index (χ0) is 12.1. The number of nitrogens with two attached hydrogens (primary N) is 1. The molecule has 0 spiro atoms. The van der Waals surface area contributed by atoms with Crippen LogP contribution in [0.25, 0.3) is 0 Å². The largest absolute Gasteiger partial charge is 0.346 e. The normalized spacial score (nSPS) is 21.9. The van der Waals surface area contributed by atoms with Crippen LogP contribution in [-0.4, -0.2) is 67.4 Å². The molecule has 0 aromatic carbocycles. The number of likely N-dealkylation sites (N-methyl/N-ethyl adjacent to an activating group) is 1. The molecule has 0 radical (unpaired) electrons. The van der Waals surface area contributed by atoms with Crippen molar-refractivity contribution in [2.45, 2.75) is 13.0 Å². The zero-order valence-electron chi connectivity index (χ0n) is 9.90. The number of hydrogen-bond acceptors (Lipinski definition) is 4. The number of carbonyl (C=O) groups is 2. The topological polar surface area (TPSA) is 78.7 Å². The summed E-state index contributed by atoms with van der Waals surface area (Å²) in [4.78, 5) is 26.6. The van der Waals surface area contributed by atoms with Gasteiger partial charge in [0.05, 0.1) is 13.1 Å². The number of amides is 2. The van der Waals surface area contributed by atoms with Gasteiger partial charge in [0.2, 0.25) is 11.8 Å². The quantitative estimate of drug-likeness (QED) is 0.599. The highest BCUT2D eigenvalue weighted by Crippen LogP contribution is 2.06. The molecule has 0 saturated carbocycles. The van der Waals surface area contributed by atoms with E-state index in [0.717, 1.165) is 13.1 Å². The lowest BCUT2D eigenvalue weighted by Crippen LogP contribution is -2.54. The molecule has 6 heteroatoms. The summed E-state index contributed by atoms with van der Waals surface area (Å²) in [6, 6.07) is 0.364. The number of hydrogen-bond donors (Lipinski definition) is 2. The van der Waals surface area contributed by atoms with Gasteiger partial charge in [-0.1, -0.05) is 0 Å². The number of carbonyl (C=O) groups excluding carboxylic acids is 2. The van der Waals surface area contributed by atoms with Crippen LogP contribution < -0.4 is 11.1 Å². The van der Waals surface area contributed by atoms with Crippen LogP contribution in [0.2, 0.25) is 0 Å². The second-order valence-electron chi connectivity index (χ2n) is 4.15. The molecule has 2 amide bonds. The highest BCUT2D eigenvalue weighted by molar-refractivity contribution is 5.85. The van der Waals surface area contributed by atoms with Gasteiger partial charge in [-0.2, -0.15) is 0 Å². The number of nitrogens with one attached hydrogen (secondary N) is 1. The Bertz CT molecular complexity index is 270. The summed E-state index contributed by atoms with van der Waals surface area (Å²) in [5.41, 5.74) is 5.13. The Kier molecular flexibility index (Phi) is 4.70. The molecule has 1 aliphatic rings. The number of rotatable bonds is 3. The smallest absolute Gasteiger partial charge is 0.242 e. The SMILES string of the molecule is CC1CN(C(=O)CNC(=O)CN)CCN1C. The van der Waals surface area contributed by atoms with Crippen molar-refractivity contribution in [2.75, 3.05) is 39.8 Å². The molecule has 16 heavy (non-hydrogen) atoms. The molecule has 1 heterocycles. The van der Waals surface area contributed by atoms with Gasteiger partial charge in [-0.25, -0.2) is 0 Å². The van der Waals surface area contributed by atoms with Gasteiger partial charge in [-0.05, 0) is 14.0 Å². The average molecular weight is 228 g/mol. The first-order valence-corrected chi connectivity index (χ1v) is 5.49. The van der Waals surface area contributed by atoms with Gasteiger partial charge in [0.25, 0.3) is 0 Å². The maximum Gasteiger partial charge on any atom is 0.242 e. The van der Waals surface area contributed by atoms with Gasteiger partial charge in [-0.15, -0.1) is 0 Å². The van der Waals surface area contributed by atoms with Crippen molar-refractivity contribution in [1.82, 2.24) is 15.1 Å². The van der Waals surface area contributed by atoms with E-state index in [1.54, 1.807) is 4.90 Å². The molecule has 0 aliphatic carbocycles. The number of piperazine rings is 1. The van der Waals surface area contributed by atoms with Crippen LogP contribution in [0.3, 0.4) is 0 Å². The molecule has 0 aromatic heterocycles. The second kappa shape index (κ2) is 5.81. The van der Waals surface area contributed by atoms with Crippen molar-refractivity contribution >= 4 is 11.8 Å². The molecule has 6 nitrogen and oxygen atoms in total. The molecule has 0 aromatic rings. The van der Waals surface area contributed by atoms with E-state index in [0.29, 0.717) is 12.6 Å². The highest BCUT2D eigenvalue weighted by Gasteiger charge is 2.23. The van der Waals surface area contributed by atoms with Crippen LogP contribution in [0.15, 0.2) is 0 Å². The molecule has 1 saturated heterocycles. The second-order valence-corrected chi connectivity index (χ2v) is 4.15. The molecule has 1 fully saturated rings. The molecular formula is C10H20N4O2. The van der Waals surface area contributed by atoms with Crippen molar-refractivity contribution < 1.29 is 9.59 Å². The van der Waals surface area contributed by atoms with Crippen molar-refractivity contribution in [2.24, 2.45) is 5.73 Å². The first-order valence-electron chi connectivity index (χ1n) is 5.49. The van der Waals surface area contributed by atoms with Crippen molar-refractivity contribution in [3.05, 3.63) is 0 Å². The summed E-state index contributed by atoms with van der Waals surface area (Å²) in [5, 5.41) is 2.49. The van der Waals surface area contributed by atoms with Gasteiger partial charge in [0.15, 0.2) is 0 Å². The highest BCUT2D eigenvalue weighted by atomic mass is 16.2. The molecule has 0 bridgehead atoms. The fourth-order valence-electron chi connectivity index (χ4n) is 1.63. The van der Waals surface area contributed by atoms with Gasteiger partial charge >= 0.3 is 0 Å². The van der Waals surface area contributed by atoms with E-state index < -0.39 is 0 Å². The third kappa shape index (κ3) is 3.46. The van der Waals surface area contributed by atoms with Gasteiger partial charge in [0.1, 0.15) is 0 Å². The predicted molar refractivity (Wildman–Crippen MR) is 60.7 cm³/mol. The number of nitrogens with zero attached hydrogens (tertiary/aromatic N) is 2. The lowest BCUT2D eigenvalue weighted by Gasteiger charge is -2.37. The molecule has 1 unspecified atom stereocenters. The van der Waals surface area contributed by atoms with Crippen molar-refractivity contribution in [3.8, 4) is 0 Å². The summed E-state index contributed by atoms with van der Waals surface area (Å²) in [5.74, 6) is -0.336. The minimum absolute atomic E-state index is 0.0400. The van der Waals surface area contributed by atoms with Crippen molar-refractivity contribution in [1.29, 1.82) is 0 Å². The average Bonchev–Trinajstić information content (AvgIpc) is 2.29. The van der Waals surface area contributed by atoms with E-state index in [1.165, 1.54) is 0 Å². The molecule has 3 N–H and O–H groups in total. The molecule has 1 rings (SSSR count). The third-order valence-corrected chi connectivity index (χ3v) is 2.93. The minimum Gasteiger partial charge on any atom is -0.346 e. The lowest BCUT2D eigenvalue weighted by molar-refractivity contribution is -0.134. The van der Waals surface area contributed by atoms with E-state index >= 15 is 0 Å². The van der Waals surface area contributed by atoms with E-state index in [1.807, 2.05) is 7.05 Å². The third-order valence-electron chi connectivity index (χ3n) is 2.93. The first-order chi connectivity index (χ1) is 7.54. The molecular weight excluding hydrogens is 208 g/mol. The Morgan fingerprint density at radius 1 is 1.44 bits per heavy atom. The maximum atomic E-state index is 11.7. The van der Waals surface area contributed by atoms with Crippen LogP contribution in [-0.2, 0) is 9.59 Å². The first kappa shape index (κ1) is 12.9. The standard InChI is InChI=1S/C10H20N4O2/c1-8-7-14(4-3-13(8)2)10(16)6-12-9(15)5-11/h8H,3-7,11H2,1-2H3,(H,12,15). The van der Waals surface area contributed by atoms with E-state index in [2.05, 4.69) is 17.1 Å². The molecule has 92 valence electrons. The Hall–Kier alpha value is -1.14. The summed E-state index contributed by atoms with van der Waals surface area (Å²) < 4.78 is 0. The summed E-state index contributed by atoms with van der Waals surface area (Å²) >= 11 is 0. The fourth-order valence-corrected chi connectivity index (χ4v) is 1.63. The Morgan fingerprint density at radius 2 is 2.12 bits per heavy atom. The van der Waals surface area contributed by atoms with Crippen molar-refractivity contribution in [3.63, 3.8) is 0 Å². The minimum atomic E-state index is -0.296. The van der Waals surface area contributed by atoms with Crippen LogP contribution in [0.4, 0.5) is 0 Å². The van der Waals surface area contributed by atoms with Gasteiger partial charge < -0.3 is 20.9 Å². The Labute approximate surface area is 95.8 Å². The van der Waals surface area contributed by atoms with E-state index in [9.17, 15) is 9.59 Å². The molecule has 1 aliphatic heterocycles. The van der Waals surface area contributed by atoms with E-state index in [-0.39, 0.29) is 24.9 Å². The monoisotopic (exact) mass is 228 g/mol. The van der Waals surface area contributed by atoms with E-state index in [4.69, 9.17) is 5.73 Å². The zero-order valence-corrected chi connectivity index (χ0v) is 9.90. The Balaban J connectivity index is 2.34. The van der Waals surface area contributed by atoms with Gasteiger partial charge in [-0.3, -0.25) is 9.59 Å². The van der Waals surface area contributed by atoms with Crippen LogP contribution >= 0.6 is 0 Å². The predicted octanol–water partition coefficient (Wildman–Crippen LogP) is -1.78. The summed E-state index contributed by atoms with van der Waals surface area (Å²) in [7, 11) is 2.04. The maximum absolute atomic E-state index is 11.7. The van der Waals surface area contributed by atoms with Crippen LogP contribution in [0, 0.1) is 0 Å². The summed E-state index contributed by atoms with van der Waals surface area (Å²) in [6.45, 7) is 4.36. The van der Waals surface area contributed by atoms with Crippen LogP contribution in [0.5, 0.6) is 0 Å². The van der Waals surface area contributed by atoms with Crippen LogP contribution in [0.1, 0.15) is 6.92 Å². The Morgan fingerprint density at radius 3 is 2.69 bits per heavy atom. The summed E-state index contributed by atoms with van der Waals surface area (Å²) in [6.07, 6.45) is 0.